The molecule has 0 bridgehead atoms. The fourth-order valence-electron chi connectivity index (χ4n) is 15.6. The number of hydrogen-bond acceptors (Lipinski definition) is 25. The lowest BCUT2D eigenvalue weighted by Crippen LogP contribution is -2.49. The zero-order valence-electron chi connectivity index (χ0n) is 83.3. The monoisotopic (exact) mass is 2170 g/mol. The summed E-state index contributed by atoms with van der Waals surface area (Å²) in [6.07, 6.45) is -15.7. The van der Waals surface area contributed by atoms with Crippen LogP contribution in [0, 0.1) is 61.6 Å². The van der Waals surface area contributed by atoms with Gasteiger partial charge in [-0.1, -0.05) is 110 Å². The molecule has 0 radical (unpaired) electrons. The van der Waals surface area contributed by atoms with Gasteiger partial charge in [0.15, 0.2) is 11.6 Å². The molecule has 29 nitrogen and oxygen atoms in total. The Kier molecular flexibility index (Phi) is 41.4. The number of ether oxygens (including phenoxy) is 5. The number of benzene rings is 2. The molecular formula is C94H128Cl5F12N7O22S2. The van der Waals surface area contributed by atoms with Crippen molar-refractivity contribution in [1.82, 2.24) is 34.0 Å². The maximum Gasteiger partial charge on any atom is 0.407 e. The fraction of sp³-hybridized carbons (Fsp3) is 0.691. The molecule has 48 heteroatoms. The number of hydrogen-bond donors (Lipinski definition) is 3. The predicted octanol–water partition coefficient (Wildman–Crippen LogP) is 20.9. The zero-order chi connectivity index (χ0) is 109. The van der Waals surface area contributed by atoms with Gasteiger partial charge in [-0.3, -0.25) is 52.7 Å². The third-order valence-electron chi connectivity index (χ3n) is 25.5. The van der Waals surface area contributed by atoms with Crippen molar-refractivity contribution >= 4 is 162 Å². The number of carbonyl (C=O) groups is 11. The Morgan fingerprint density at radius 1 is 0.486 bits per heavy atom. The molecule has 2 aliphatic heterocycles. The molecule has 0 unspecified atom stereocenters. The van der Waals surface area contributed by atoms with Gasteiger partial charge in [-0.15, -0.1) is 0 Å². The lowest BCUT2D eigenvalue weighted by Gasteiger charge is -2.35. The van der Waals surface area contributed by atoms with Crippen LogP contribution in [0.25, 0.3) is 21.5 Å². The second kappa shape index (κ2) is 47.2. The van der Waals surface area contributed by atoms with Crippen LogP contribution in [-0.4, -0.2) is 197 Å². The minimum absolute atomic E-state index is 0.0149. The highest BCUT2D eigenvalue weighted by Crippen LogP contribution is 2.60. The predicted molar refractivity (Wildman–Crippen MR) is 505 cm³/mol. The number of nitrogens with one attached hydrogen (secondary N) is 3. The summed E-state index contributed by atoms with van der Waals surface area (Å²) in [5.74, 6) is -5.49. The smallest absolute Gasteiger partial charge is 0.407 e. The summed E-state index contributed by atoms with van der Waals surface area (Å²) >= 11 is 23.3. The number of carbonyl (C=O) groups excluding carboxylic acids is 11. The van der Waals surface area contributed by atoms with Gasteiger partial charge in [-0.2, -0.15) is 69.5 Å². The second-order valence-corrected chi connectivity index (χ2v) is 47.1. The summed E-state index contributed by atoms with van der Waals surface area (Å²) < 4.78 is 242. The number of fused-ring (bicyclic) bond motifs is 2. The van der Waals surface area contributed by atoms with Crippen LogP contribution in [-0.2, 0) is 81.7 Å². The van der Waals surface area contributed by atoms with Crippen molar-refractivity contribution in [2.24, 2.45) is 61.6 Å². The third-order valence-corrected chi connectivity index (χ3v) is 28.4. The Hall–Kier alpha value is -7.78. The highest BCUT2D eigenvalue weighted by molar-refractivity contribution is 7.85. The molecule has 142 heavy (non-hydrogen) atoms. The Morgan fingerprint density at radius 3 is 1.06 bits per heavy atom. The van der Waals surface area contributed by atoms with Crippen LogP contribution < -0.4 is 33.2 Å². The van der Waals surface area contributed by atoms with E-state index in [1.54, 1.807) is 110 Å². The van der Waals surface area contributed by atoms with Gasteiger partial charge in [0.2, 0.25) is 45.9 Å². The molecule has 4 saturated carbocycles. The van der Waals surface area contributed by atoms with Crippen molar-refractivity contribution < 1.29 is 154 Å². The topological polar surface area (TPSA) is 389 Å². The Balaban J connectivity index is 0.000000374. The molecule has 4 aliphatic carbocycles. The van der Waals surface area contributed by atoms with E-state index in [2.05, 4.69) is 37.9 Å². The van der Waals surface area contributed by atoms with Crippen molar-refractivity contribution in [3.63, 3.8) is 0 Å². The number of ketones is 3. The average Bonchev–Trinajstić information content (AvgIpc) is 1.57. The Labute approximate surface area is 844 Å². The van der Waals surface area contributed by atoms with E-state index in [-0.39, 0.29) is 69.3 Å². The number of halogens is 17. The van der Waals surface area contributed by atoms with Crippen LogP contribution in [0.2, 0.25) is 0 Å². The largest absolute Gasteiger partial charge is 0.497 e. The van der Waals surface area contributed by atoms with E-state index in [1.165, 1.54) is 16.9 Å². The molecule has 10 rings (SSSR count). The summed E-state index contributed by atoms with van der Waals surface area (Å²) in [5.41, 5.74) is -15.1. The van der Waals surface area contributed by atoms with Crippen LogP contribution in [0.4, 0.5) is 57.5 Å². The number of amides is 4. The second-order valence-electron chi connectivity index (χ2n) is 42.6. The first-order valence-corrected chi connectivity index (χ1v) is 50.0. The molecule has 4 heterocycles. The minimum Gasteiger partial charge on any atom is -0.497 e. The summed E-state index contributed by atoms with van der Waals surface area (Å²) in [5, 5.41) is 1.02. The van der Waals surface area contributed by atoms with Crippen LogP contribution in [0.3, 0.4) is 0 Å². The zero-order valence-corrected chi connectivity index (χ0v) is 88.8. The number of Topliss-reactive ketones (excluding diaryl/α,β-unsaturated/α-hetero) is 3. The fourth-order valence-corrected chi connectivity index (χ4v) is 18.7. The van der Waals surface area contributed by atoms with Gasteiger partial charge in [-0.25, -0.2) is 32.6 Å². The SMILES string of the molecule is CC(C)(CC(=O)Cl)C(F)(F)F.CC(C)(CC(=O)Cl)C(F)(F)F.CC(C)(NCl)C(F)(F)F.CC[C@@H]1C[C@]1(CC(=O)[C@@H]1C[C@@H](Oc2nccc3cc(OC)ccc23)CN1C(=O)[C@@H](CC(=O)CC(C)(C)C(F)(F)F)C(C)(C)C)C(=O)NS(=O)(=O)OC1(C)CC1.CC[C@@H]1C[C@]1(CC(=O)[C@@H]1C[C@@H](Oc2nccc3cc(OC)ccc23)CN1C(=O)[C@@H](CC(=O)OC(C)(C)C)C(C)(C)C)C(=O)NS(=O)(=O)OC1(C)CC1.O=C(Cl)Cl. The molecule has 2 aromatic heterocycles. The molecule has 3 N–H and O–H groups in total. The van der Waals surface area contributed by atoms with Crippen molar-refractivity contribution in [2.75, 3.05) is 27.3 Å². The number of nitrogens with zero attached hydrogens (tertiary/aromatic N) is 4. The van der Waals surface area contributed by atoms with Crippen molar-refractivity contribution in [2.45, 2.75) is 326 Å². The van der Waals surface area contributed by atoms with Gasteiger partial charge >= 0.3 is 56.0 Å². The molecular weight excluding hydrogens is 2050 g/mol. The number of aromatic nitrogens is 2. The van der Waals surface area contributed by atoms with Crippen molar-refractivity contribution in [1.29, 1.82) is 0 Å². The van der Waals surface area contributed by atoms with Crippen molar-refractivity contribution in [3.05, 3.63) is 60.9 Å². The standard InChI is InChI=1S/C39H52F3N3O9S.C38H53N3O10S.2C6H8ClF3O.C4H7ClF3N.CCl2O/c1-9-24-19-38(24,34(49)44-55(50,51)54-37(7)13-14-37)21-31(47)30-18-27(53-32-28-11-10-26(52-8)16-23(28)12-15-43-32)22-45(30)33(48)29(35(2,3)4)17-25(46)20-36(5,6)39(40,41)42;1-10-24-20-38(24,34(45)40-52(46,47)51-37(8)14-15-37)21-30(42)29-18-26(49-32-27-12-11-25(48-9)17-23(27)13-16-39-32)22-41(29)33(44)28(35(2,3)4)19-31(43)50-36(5,6)7;2*1-5(2,3-4(7)11)6(8,9)10;1-3(2,9-5)4(6,7)8;2-1(3)4/h10-12,15-16,24,27,29-30H,9,13-14,17-22H2,1-8H3,(H,44,49);11-13,16-17,24,26,28-29H,10,14-15,18-22H2,1-9H3,(H,40,45);2*3H2,1-2H3;9H,1-2H3;/t24-,27-,29-,30+,38-;24-,26-,28-,29+,38-;;;;/m11..../s1. The number of rotatable bonds is 35. The Morgan fingerprint density at radius 2 is 0.810 bits per heavy atom. The van der Waals surface area contributed by atoms with Crippen LogP contribution in [0.15, 0.2) is 60.9 Å². The molecule has 802 valence electrons. The number of pyridine rings is 2. The quantitative estimate of drug-likeness (QED) is 0.0167. The van der Waals surface area contributed by atoms with E-state index in [9.17, 15) is 117 Å². The number of esters is 1. The summed E-state index contributed by atoms with van der Waals surface area (Å²) in [6.45, 7) is 30.4. The molecule has 6 aliphatic rings. The number of methoxy groups -OCH3 is 2. The van der Waals surface area contributed by atoms with Crippen LogP contribution in [0.5, 0.6) is 23.3 Å². The van der Waals surface area contributed by atoms with E-state index in [0.29, 0.717) is 67.7 Å². The highest BCUT2D eigenvalue weighted by Gasteiger charge is 2.65. The van der Waals surface area contributed by atoms with Gasteiger partial charge < -0.3 is 33.5 Å². The lowest BCUT2D eigenvalue weighted by molar-refractivity contribution is -0.213. The van der Waals surface area contributed by atoms with E-state index in [0.717, 1.165) is 71.5 Å². The van der Waals surface area contributed by atoms with Gasteiger partial charge in [0, 0.05) is 80.5 Å². The molecule has 2 aromatic carbocycles. The maximum atomic E-state index is 14.6. The van der Waals surface area contributed by atoms with E-state index < -0.39 is 230 Å². The van der Waals surface area contributed by atoms with Crippen LogP contribution in [0.1, 0.15) is 255 Å². The van der Waals surface area contributed by atoms with E-state index in [4.69, 9.17) is 71.8 Å². The van der Waals surface area contributed by atoms with Gasteiger partial charge in [-0.05, 0) is 227 Å². The molecule has 4 amide bonds. The summed E-state index contributed by atoms with van der Waals surface area (Å²) in [7, 11) is -5.76. The van der Waals surface area contributed by atoms with E-state index >= 15 is 0 Å². The molecule has 6 fully saturated rings. The summed E-state index contributed by atoms with van der Waals surface area (Å²) in [6, 6.07) is 12.2. The van der Waals surface area contributed by atoms with Gasteiger partial charge in [0.25, 0.3) is 0 Å². The van der Waals surface area contributed by atoms with Gasteiger partial charge in [0.1, 0.15) is 40.6 Å². The first-order chi connectivity index (χ1) is 64.3. The first kappa shape index (κ1) is 125. The minimum atomic E-state index is -4.65. The molecule has 2 saturated heterocycles. The average molecular weight is 2180 g/mol. The maximum absolute atomic E-state index is 14.6. The molecule has 0 spiro atoms. The third kappa shape index (κ3) is 35.5. The lowest BCUT2D eigenvalue weighted by atomic mass is 9.74. The number of alkyl halides is 12. The van der Waals surface area contributed by atoms with Crippen LogP contribution >= 0.6 is 58.2 Å². The summed E-state index contributed by atoms with van der Waals surface area (Å²) in [4.78, 5) is 154. The van der Waals surface area contributed by atoms with E-state index in [1.807, 2.05) is 57.5 Å². The van der Waals surface area contributed by atoms with Crippen molar-refractivity contribution in [3.8, 4) is 23.3 Å². The number of likely N-dealkylation sites (tertiary alicyclic amines) is 2. The van der Waals surface area contributed by atoms with Gasteiger partial charge in [0.05, 0.1) is 90.0 Å². The first-order valence-electron chi connectivity index (χ1n) is 45.3. The molecule has 10 atom stereocenters. The normalized spacial score (nSPS) is 21.5. The Bertz CT molecular complexity index is 5410. The molecule has 4 aromatic rings. The highest BCUT2D eigenvalue weighted by atomic mass is 35.5.